The Kier molecular flexibility index (Phi) is 4.86. The molecule has 20 heavy (non-hydrogen) atoms. The van der Waals surface area contributed by atoms with Crippen molar-refractivity contribution in [3.05, 3.63) is 0 Å². The molecule has 2 nitrogen and oxygen atoms in total. The first-order chi connectivity index (χ1) is 9.24. The van der Waals surface area contributed by atoms with Crippen LogP contribution in [0, 0.1) is 11.3 Å². The first-order valence-electron chi connectivity index (χ1n) is 8.73. The molecule has 2 aliphatic rings. The Morgan fingerprint density at radius 1 is 1.00 bits per heavy atom. The molecule has 2 aliphatic heterocycles. The van der Waals surface area contributed by atoms with Crippen LogP contribution in [0.2, 0.25) is 0 Å². The van der Waals surface area contributed by atoms with Crippen LogP contribution in [0.15, 0.2) is 0 Å². The van der Waals surface area contributed by atoms with E-state index in [0.717, 1.165) is 12.0 Å². The molecule has 0 aromatic heterocycles. The number of rotatable bonds is 2. The van der Waals surface area contributed by atoms with Crippen LogP contribution in [0.4, 0.5) is 0 Å². The van der Waals surface area contributed by atoms with E-state index in [1.165, 1.54) is 51.9 Å². The number of fused-ring (bicyclic) bond motifs is 1. The normalized spacial score (nSPS) is 30.9. The molecule has 2 saturated heterocycles. The molecule has 0 amide bonds. The molecule has 2 unspecified atom stereocenters. The van der Waals surface area contributed by atoms with Crippen molar-refractivity contribution in [1.82, 2.24) is 9.80 Å². The third kappa shape index (κ3) is 3.57. The molecule has 2 atom stereocenters. The lowest BCUT2D eigenvalue weighted by molar-refractivity contribution is -0.00347. The van der Waals surface area contributed by atoms with E-state index in [9.17, 15) is 0 Å². The predicted molar refractivity (Wildman–Crippen MR) is 87.9 cm³/mol. The standard InChI is InChI=1S/C18H36N2/c1-7-18(5,6)20-12-8-9-16-11-10-15(17(2,3)4)13-19(16)14-20/h15-16H,7-14H2,1-6H3. The minimum Gasteiger partial charge on any atom is -0.287 e. The van der Waals surface area contributed by atoms with Gasteiger partial charge in [0, 0.05) is 18.1 Å². The number of nitrogens with zero attached hydrogens (tertiary/aromatic N) is 2. The van der Waals surface area contributed by atoms with Gasteiger partial charge in [0.25, 0.3) is 0 Å². The van der Waals surface area contributed by atoms with Crippen LogP contribution < -0.4 is 0 Å². The Morgan fingerprint density at radius 2 is 1.70 bits per heavy atom. The van der Waals surface area contributed by atoms with Crippen molar-refractivity contribution in [3.8, 4) is 0 Å². The molecule has 0 bridgehead atoms. The van der Waals surface area contributed by atoms with Crippen molar-refractivity contribution in [3.63, 3.8) is 0 Å². The lowest BCUT2D eigenvalue weighted by atomic mass is 9.74. The summed E-state index contributed by atoms with van der Waals surface area (Å²) >= 11 is 0. The molecule has 0 spiro atoms. The Hall–Kier alpha value is -0.0800. The molecule has 0 aromatic rings. The second-order valence-electron chi connectivity index (χ2n) is 8.78. The predicted octanol–water partition coefficient (Wildman–Crippen LogP) is 4.36. The molecule has 118 valence electrons. The quantitative estimate of drug-likeness (QED) is 0.742. The highest BCUT2D eigenvalue weighted by molar-refractivity contribution is 4.91. The zero-order valence-electron chi connectivity index (χ0n) is 14.7. The van der Waals surface area contributed by atoms with Gasteiger partial charge in [0.1, 0.15) is 0 Å². The SMILES string of the molecule is CCC(C)(C)N1CCCC2CCC(C(C)(C)C)CN2C1. The maximum Gasteiger partial charge on any atom is 0.0513 e. The summed E-state index contributed by atoms with van der Waals surface area (Å²) in [5.74, 6) is 0.864. The largest absolute Gasteiger partial charge is 0.287 e. The fourth-order valence-electron chi connectivity index (χ4n) is 3.83. The Balaban J connectivity index is 2.07. The first kappa shape index (κ1) is 16.3. The van der Waals surface area contributed by atoms with Crippen LogP contribution in [0.5, 0.6) is 0 Å². The highest BCUT2D eigenvalue weighted by Crippen LogP contribution is 2.37. The average Bonchev–Trinajstić information content (AvgIpc) is 2.59. The van der Waals surface area contributed by atoms with Crippen LogP contribution in [-0.2, 0) is 0 Å². The highest BCUT2D eigenvalue weighted by Gasteiger charge is 2.38. The Morgan fingerprint density at radius 3 is 2.30 bits per heavy atom. The molecule has 0 aromatic carbocycles. The molecule has 2 heterocycles. The van der Waals surface area contributed by atoms with Gasteiger partial charge in [-0.1, -0.05) is 27.7 Å². The van der Waals surface area contributed by atoms with Gasteiger partial charge in [-0.15, -0.1) is 0 Å². The van der Waals surface area contributed by atoms with E-state index in [0.29, 0.717) is 11.0 Å². The second kappa shape index (κ2) is 5.96. The summed E-state index contributed by atoms with van der Waals surface area (Å²) in [6.45, 7) is 18.2. The monoisotopic (exact) mass is 280 g/mol. The van der Waals surface area contributed by atoms with Gasteiger partial charge in [0.15, 0.2) is 0 Å². The Labute approximate surface area is 126 Å². The molecular weight excluding hydrogens is 244 g/mol. The summed E-state index contributed by atoms with van der Waals surface area (Å²) < 4.78 is 0. The summed E-state index contributed by atoms with van der Waals surface area (Å²) in [4.78, 5) is 5.54. The van der Waals surface area contributed by atoms with E-state index in [2.05, 4.69) is 51.3 Å². The summed E-state index contributed by atoms with van der Waals surface area (Å²) in [7, 11) is 0. The van der Waals surface area contributed by atoms with Crippen LogP contribution in [0.3, 0.4) is 0 Å². The van der Waals surface area contributed by atoms with Gasteiger partial charge in [0.05, 0.1) is 6.67 Å². The van der Waals surface area contributed by atoms with E-state index < -0.39 is 0 Å². The molecule has 2 fully saturated rings. The Bertz CT molecular complexity index is 316. The van der Waals surface area contributed by atoms with E-state index in [1.54, 1.807) is 0 Å². The van der Waals surface area contributed by atoms with Crippen molar-refractivity contribution in [1.29, 1.82) is 0 Å². The number of hydrogen-bond donors (Lipinski definition) is 0. The summed E-state index contributed by atoms with van der Waals surface area (Å²) in [5.41, 5.74) is 0.811. The maximum absolute atomic E-state index is 2.81. The van der Waals surface area contributed by atoms with Crippen LogP contribution in [-0.4, -0.2) is 41.1 Å². The summed E-state index contributed by atoms with van der Waals surface area (Å²) in [6, 6.07) is 0.853. The molecule has 2 rings (SSSR count). The van der Waals surface area contributed by atoms with Gasteiger partial charge >= 0.3 is 0 Å². The van der Waals surface area contributed by atoms with Crippen molar-refractivity contribution < 1.29 is 0 Å². The first-order valence-corrected chi connectivity index (χ1v) is 8.73. The smallest absolute Gasteiger partial charge is 0.0513 e. The fraction of sp³-hybridized carbons (Fsp3) is 1.00. The van der Waals surface area contributed by atoms with E-state index >= 15 is 0 Å². The molecule has 0 aliphatic carbocycles. The minimum absolute atomic E-state index is 0.351. The van der Waals surface area contributed by atoms with Gasteiger partial charge in [-0.05, 0) is 63.8 Å². The highest BCUT2D eigenvalue weighted by atomic mass is 15.4. The topological polar surface area (TPSA) is 6.48 Å². The molecule has 0 N–H and O–H groups in total. The molecule has 0 radical (unpaired) electrons. The van der Waals surface area contributed by atoms with Crippen molar-refractivity contribution >= 4 is 0 Å². The third-order valence-corrected chi connectivity index (χ3v) is 6.08. The zero-order valence-corrected chi connectivity index (χ0v) is 14.7. The molecular formula is C18H36N2. The van der Waals surface area contributed by atoms with Gasteiger partial charge in [-0.25, -0.2) is 0 Å². The number of piperidine rings is 1. The van der Waals surface area contributed by atoms with Gasteiger partial charge in [0.2, 0.25) is 0 Å². The maximum atomic E-state index is 2.81. The summed E-state index contributed by atoms with van der Waals surface area (Å²) in [6.07, 6.45) is 6.89. The van der Waals surface area contributed by atoms with Crippen molar-refractivity contribution in [2.45, 2.75) is 85.2 Å². The molecule has 0 saturated carbocycles. The van der Waals surface area contributed by atoms with E-state index in [1.807, 2.05) is 0 Å². The fourth-order valence-corrected chi connectivity index (χ4v) is 3.83. The van der Waals surface area contributed by atoms with E-state index in [4.69, 9.17) is 0 Å². The van der Waals surface area contributed by atoms with Gasteiger partial charge in [-0.3, -0.25) is 9.80 Å². The third-order valence-electron chi connectivity index (χ3n) is 6.08. The average molecular weight is 280 g/mol. The van der Waals surface area contributed by atoms with Crippen molar-refractivity contribution in [2.75, 3.05) is 19.8 Å². The zero-order chi connectivity index (χ0) is 15.0. The lowest BCUT2D eigenvalue weighted by Crippen LogP contribution is -2.53. The number of hydrogen-bond acceptors (Lipinski definition) is 2. The lowest BCUT2D eigenvalue weighted by Gasteiger charge is -2.46. The van der Waals surface area contributed by atoms with E-state index in [-0.39, 0.29) is 0 Å². The minimum atomic E-state index is 0.351. The van der Waals surface area contributed by atoms with Gasteiger partial charge < -0.3 is 0 Å². The second-order valence-corrected chi connectivity index (χ2v) is 8.78. The van der Waals surface area contributed by atoms with Crippen molar-refractivity contribution in [2.24, 2.45) is 11.3 Å². The van der Waals surface area contributed by atoms with Gasteiger partial charge in [-0.2, -0.15) is 0 Å². The van der Waals surface area contributed by atoms with Crippen LogP contribution >= 0.6 is 0 Å². The van der Waals surface area contributed by atoms with Crippen LogP contribution in [0.25, 0.3) is 0 Å². The molecule has 2 heteroatoms. The van der Waals surface area contributed by atoms with Crippen LogP contribution in [0.1, 0.15) is 73.6 Å². The summed E-state index contributed by atoms with van der Waals surface area (Å²) in [5, 5.41) is 0.